The smallest absolute Gasteiger partial charge is 0.251 e. The van der Waals surface area contributed by atoms with Crippen molar-refractivity contribution in [3.8, 4) is 0 Å². The molecule has 5 nitrogen and oxygen atoms in total. The molecule has 2 atom stereocenters. The third-order valence-corrected chi connectivity index (χ3v) is 7.20. The highest BCUT2D eigenvalue weighted by Crippen LogP contribution is 2.29. The number of carbonyl (C=O) groups excluding carboxylic acids is 2. The second-order valence-corrected chi connectivity index (χ2v) is 10.2. The summed E-state index contributed by atoms with van der Waals surface area (Å²) in [4.78, 5) is 28.4. The van der Waals surface area contributed by atoms with E-state index < -0.39 is 12.1 Å². The quantitative estimate of drug-likeness (QED) is 0.441. The highest BCUT2D eigenvalue weighted by molar-refractivity contribution is 6.30. The number of halogens is 1. The maximum Gasteiger partial charge on any atom is 0.251 e. The molecule has 1 fully saturated rings. The zero-order valence-electron chi connectivity index (χ0n) is 20.7. The molecule has 1 heterocycles. The number of rotatable bonds is 7. The summed E-state index contributed by atoms with van der Waals surface area (Å²) in [5.74, 6) is -0.0284. The lowest BCUT2D eigenvalue weighted by Gasteiger charge is -2.35. The zero-order valence-corrected chi connectivity index (χ0v) is 21.5. The van der Waals surface area contributed by atoms with Gasteiger partial charge in [0.1, 0.15) is 12.1 Å². The van der Waals surface area contributed by atoms with Crippen LogP contribution in [0.1, 0.15) is 65.8 Å². The number of benzene rings is 3. The molecule has 1 saturated heterocycles. The molecule has 0 aromatic heterocycles. The van der Waals surface area contributed by atoms with Crippen LogP contribution in [0.2, 0.25) is 5.02 Å². The van der Waals surface area contributed by atoms with Gasteiger partial charge < -0.3 is 15.3 Å². The molecule has 36 heavy (non-hydrogen) atoms. The molecule has 1 unspecified atom stereocenters. The van der Waals surface area contributed by atoms with Gasteiger partial charge in [-0.15, -0.1) is 0 Å². The molecular weight excluding hydrogens is 472 g/mol. The van der Waals surface area contributed by atoms with Gasteiger partial charge in [-0.1, -0.05) is 80.0 Å². The largest absolute Gasteiger partial charge is 0.384 e. The first-order valence-electron chi connectivity index (χ1n) is 12.5. The van der Waals surface area contributed by atoms with Crippen molar-refractivity contribution in [3.63, 3.8) is 0 Å². The Hall–Kier alpha value is -3.15. The monoisotopic (exact) mass is 504 g/mol. The Balaban J connectivity index is 1.40. The van der Waals surface area contributed by atoms with E-state index >= 15 is 0 Å². The fourth-order valence-electron chi connectivity index (χ4n) is 4.78. The van der Waals surface area contributed by atoms with Crippen molar-refractivity contribution in [3.05, 3.63) is 106 Å². The van der Waals surface area contributed by atoms with E-state index in [1.807, 2.05) is 61.2 Å². The molecule has 0 bridgehead atoms. The number of aliphatic hydroxyl groups excluding tert-OH is 1. The third kappa shape index (κ3) is 6.15. The third-order valence-electron chi connectivity index (χ3n) is 6.95. The van der Waals surface area contributed by atoms with Crippen molar-refractivity contribution in [2.24, 2.45) is 5.92 Å². The summed E-state index contributed by atoms with van der Waals surface area (Å²) in [5.41, 5.74) is 3.05. The van der Waals surface area contributed by atoms with Gasteiger partial charge in [0, 0.05) is 23.7 Å². The number of hydrogen-bond donors (Lipinski definition) is 2. The predicted molar refractivity (Wildman–Crippen MR) is 143 cm³/mol. The summed E-state index contributed by atoms with van der Waals surface area (Å²) in [6.45, 7) is 5.20. The van der Waals surface area contributed by atoms with Crippen LogP contribution in [0.4, 0.5) is 0 Å². The van der Waals surface area contributed by atoms with Crippen LogP contribution in [-0.4, -0.2) is 41.0 Å². The Labute approximate surface area is 218 Å². The molecule has 0 spiro atoms. The van der Waals surface area contributed by atoms with E-state index in [9.17, 15) is 14.7 Å². The van der Waals surface area contributed by atoms with Crippen molar-refractivity contribution < 1.29 is 14.7 Å². The van der Waals surface area contributed by atoms with E-state index in [0.717, 1.165) is 23.4 Å². The SMILES string of the molecule is CC(C)[C@@H](NC(=O)c1cccc(C(O)c2ccccc2)c1)C(=O)N1CCC(c2ccc(Cl)cc2)CC1. The van der Waals surface area contributed by atoms with Crippen molar-refractivity contribution >= 4 is 23.4 Å². The summed E-state index contributed by atoms with van der Waals surface area (Å²) in [5, 5.41) is 14.4. The first-order chi connectivity index (χ1) is 17.3. The molecule has 4 rings (SSSR count). The van der Waals surface area contributed by atoms with Crippen LogP contribution in [-0.2, 0) is 4.79 Å². The maximum absolute atomic E-state index is 13.4. The lowest BCUT2D eigenvalue weighted by atomic mass is 9.89. The van der Waals surface area contributed by atoms with Crippen LogP contribution in [0.25, 0.3) is 0 Å². The molecule has 3 aromatic rings. The minimum absolute atomic E-state index is 0.0478. The van der Waals surface area contributed by atoms with Crippen molar-refractivity contribution in [2.75, 3.05) is 13.1 Å². The van der Waals surface area contributed by atoms with Crippen LogP contribution in [0.3, 0.4) is 0 Å². The summed E-state index contributed by atoms with van der Waals surface area (Å²) in [6, 6.07) is 23.6. The van der Waals surface area contributed by atoms with E-state index in [0.29, 0.717) is 30.1 Å². The predicted octanol–water partition coefficient (Wildman–Crippen LogP) is 5.58. The van der Waals surface area contributed by atoms with Gasteiger partial charge in [-0.05, 0) is 65.6 Å². The van der Waals surface area contributed by atoms with E-state index in [4.69, 9.17) is 11.6 Å². The van der Waals surface area contributed by atoms with Gasteiger partial charge in [0.15, 0.2) is 0 Å². The van der Waals surface area contributed by atoms with Crippen LogP contribution in [0.15, 0.2) is 78.9 Å². The molecule has 3 aromatic carbocycles. The number of hydrogen-bond acceptors (Lipinski definition) is 3. The normalized spacial score (nSPS) is 16.0. The summed E-state index contributed by atoms with van der Waals surface area (Å²) in [6.07, 6.45) is 0.931. The van der Waals surface area contributed by atoms with Crippen molar-refractivity contribution in [1.82, 2.24) is 10.2 Å². The Kier molecular flexibility index (Phi) is 8.44. The number of piperidine rings is 1. The maximum atomic E-state index is 13.4. The Morgan fingerprint density at radius 2 is 1.56 bits per heavy atom. The summed E-state index contributed by atoms with van der Waals surface area (Å²) < 4.78 is 0. The molecule has 2 N–H and O–H groups in total. The average Bonchev–Trinajstić information content (AvgIpc) is 2.91. The molecule has 0 saturated carbocycles. The fourth-order valence-corrected chi connectivity index (χ4v) is 4.91. The number of nitrogens with one attached hydrogen (secondary N) is 1. The highest BCUT2D eigenvalue weighted by Gasteiger charge is 2.32. The second-order valence-electron chi connectivity index (χ2n) is 9.78. The fraction of sp³-hybridized carbons (Fsp3) is 0.333. The van der Waals surface area contributed by atoms with Crippen molar-refractivity contribution in [2.45, 2.75) is 44.8 Å². The molecule has 0 aliphatic carbocycles. The first-order valence-corrected chi connectivity index (χ1v) is 12.9. The lowest BCUT2D eigenvalue weighted by molar-refractivity contribution is -0.135. The van der Waals surface area contributed by atoms with Gasteiger partial charge in [-0.25, -0.2) is 0 Å². The first kappa shape index (κ1) is 25.9. The highest BCUT2D eigenvalue weighted by atomic mass is 35.5. The number of carbonyl (C=O) groups is 2. The van der Waals surface area contributed by atoms with Gasteiger partial charge in [0.25, 0.3) is 5.91 Å². The topological polar surface area (TPSA) is 69.6 Å². The molecule has 6 heteroatoms. The van der Waals surface area contributed by atoms with Crippen LogP contribution < -0.4 is 5.32 Å². The van der Waals surface area contributed by atoms with Crippen LogP contribution in [0.5, 0.6) is 0 Å². The van der Waals surface area contributed by atoms with Gasteiger partial charge in [0.05, 0.1) is 0 Å². The van der Waals surface area contributed by atoms with Crippen molar-refractivity contribution in [1.29, 1.82) is 0 Å². The molecular formula is C30H33ClN2O3. The molecule has 0 radical (unpaired) electrons. The number of nitrogens with zero attached hydrogens (tertiary/aromatic N) is 1. The van der Waals surface area contributed by atoms with Crippen LogP contribution >= 0.6 is 11.6 Å². The Morgan fingerprint density at radius 1 is 0.917 bits per heavy atom. The Morgan fingerprint density at radius 3 is 2.19 bits per heavy atom. The molecule has 1 aliphatic heterocycles. The molecule has 1 aliphatic rings. The zero-order chi connectivity index (χ0) is 25.7. The van der Waals surface area contributed by atoms with E-state index in [-0.39, 0.29) is 17.7 Å². The van der Waals surface area contributed by atoms with Gasteiger partial charge in [0.2, 0.25) is 5.91 Å². The minimum atomic E-state index is -0.830. The number of aliphatic hydroxyl groups is 1. The standard InChI is InChI=1S/C30H33ClN2O3/c1-20(2)27(30(36)33-17-15-22(16-18-33)21-11-13-26(31)14-12-21)32-29(35)25-10-6-9-24(19-25)28(34)23-7-4-3-5-8-23/h3-14,19-20,22,27-28,34H,15-18H2,1-2H3,(H,32,35)/t27-,28?/m1/s1. The number of likely N-dealkylation sites (tertiary alicyclic amines) is 1. The second kappa shape index (κ2) is 11.7. The van der Waals surface area contributed by atoms with E-state index in [1.54, 1.807) is 24.3 Å². The van der Waals surface area contributed by atoms with E-state index in [1.165, 1.54) is 5.56 Å². The van der Waals surface area contributed by atoms with Crippen LogP contribution in [0, 0.1) is 5.92 Å². The van der Waals surface area contributed by atoms with Gasteiger partial charge >= 0.3 is 0 Å². The summed E-state index contributed by atoms with van der Waals surface area (Å²) >= 11 is 6.02. The number of amides is 2. The molecule has 188 valence electrons. The van der Waals surface area contributed by atoms with Gasteiger partial charge in [-0.3, -0.25) is 9.59 Å². The molecule has 2 amide bonds. The average molecular weight is 505 g/mol. The lowest BCUT2D eigenvalue weighted by Crippen LogP contribution is -2.52. The Bertz CT molecular complexity index is 1170. The minimum Gasteiger partial charge on any atom is -0.384 e. The van der Waals surface area contributed by atoms with Gasteiger partial charge in [-0.2, -0.15) is 0 Å². The van der Waals surface area contributed by atoms with E-state index in [2.05, 4.69) is 17.4 Å². The summed E-state index contributed by atoms with van der Waals surface area (Å²) in [7, 11) is 0.